The van der Waals surface area contributed by atoms with E-state index in [2.05, 4.69) is 0 Å². The Hall–Kier alpha value is -3.28. The average Bonchev–Trinajstić information content (AvgIpc) is 2.76. The van der Waals surface area contributed by atoms with Crippen molar-refractivity contribution in [1.29, 1.82) is 0 Å². The molecule has 2 aromatic carbocycles. The second-order valence-corrected chi connectivity index (χ2v) is 7.63. The smallest absolute Gasteiger partial charge is 0.257 e. The fourth-order valence-electron chi connectivity index (χ4n) is 3.80. The molecule has 1 aromatic heterocycles. The molecule has 0 unspecified atom stereocenters. The first-order valence-corrected chi connectivity index (χ1v) is 9.94. The molecule has 0 saturated carbocycles. The van der Waals surface area contributed by atoms with Gasteiger partial charge in [-0.1, -0.05) is 36.4 Å². The Morgan fingerprint density at radius 1 is 1.03 bits per heavy atom. The lowest BCUT2D eigenvalue weighted by molar-refractivity contribution is 0.0728. The zero-order valence-electron chi connectivity index (χ0n) is 16.7. The predicted molar refractivity (Wildman–Crippen MR) is 110 cm³/mol. The Labute approximate surface area is 173 Å². The molecule has 154 valence electrons. The summed E-state index contributed by atoms with van der Waals surface area (Å²) in [5, 5.41) is 0. The standard InChI is InChI=1S/C24H22F2N2O2/c1-16-7-8-20(23(26)22(16)25)24(30)28-12-10-18-13-21(29)27(14-19(18)15-28)11-9-17-5-3-2-4-6-17/h2-8,13-14H,9-12,15H2,1H3. The van der Waals surface area contributed by atoms with Crippen LogP contribution in [0.25, 0.3) is 0 Å². The number of benzene rings is 2. The van der Waals surface area contributed by atoms with Crippen LogP contribution in [0.5, 0.6) is 0 Å². The number of carbonyl (C=O) groups excluding carboxylic acids is 1. The number of pyridine rings is 1. The number of amides is 1. The molecule has 0 atom stereocenters. The van der Waals surface area contributed by atoms with Crippen molar-refractivity contribution >= 4 is 5.91 Å². The predicted octanol–water partition coefficient (Wildman–Crippen LogP) is 3.88. The largest absolute Gasteiger partial charge is 0.334 e. The van der Waals surface area contributed by atoms with E-state index in [0.29, 0.717) is 19.5 Å². The van der Waals surface area contributed by atoms with Gasteiger partial charge in [-0.25, -0.2) is 8.78 Å². The number of aromatic nitrogens is 1. The van der Waals surface area contributed by atoms with Gasteiger partial charge in [-0.2, -0.15) is 0 Å². The summed E-state index contributed by atoms with van der Waals surface area (Å²) in [5.41, 5.74) is 2.71. The molecule has 4 nitrogen and oxygen atoms in total. The van der Waals surface area contributed by atoms with Crippen LogP contribution >= 0.6 is 0 Å². The van der Waals surface area contributed by atoms with Crippen molar-refractivity contribution in [3.05, 3.63) is 105 Å². The van der Waals surface area contributed by atoms with Crippen LogP contribution in [0.3, 0.4) is 0 Å². The number of fused-ring (bicyclic) bond motifs is 1. The van der Waals surface area contributed by atoms with Crippen LogP contribution < -0.4 is 5.56 Å². The Morgan fingerprint density at radius 3 is 2.57 bits per heavy atom. The van der Waals surface area contributed by atoms with Gasteiger partial charge in [0.15, 0.2) is 11.6 Å². The minimum atomic E-state index is -1.11. The van der Waals surface area contributed by atoms with Crippen LogP contribution in [0, 0.1) is 18.6 Å². The molecule has 0 N–H and O–H groups in total. The Bertz CT molecular complexity index is 1160. The lowest BCUT2D eigenvalue weighted by Gasteiger charge is -2.29. The molecule has 4 rings (SSSR count). The maximum atomic E-state index is 14.3. The molecule has 0 fully saturated rings. The number of aryl methyl sites for hydroxylation is 3. The van der Waals surface area contributed by atoms with Crippen molar-refractivity contribution in [3.8, 4) is 0 Å². The summed E-state index contributed by atoms with van der Waals surface area (Å²) in [6, 6.07) is 14.2. The summed E-state index contributed by atoms with van der Waals surface area (Å²) in [4.78, 5) is 26.8. The number of halogens is 2. The SMILES string of the molecule is Cc1ccc(C(=O)N2CCc3cc(=O)n(CCc4ccccc4)cc3C2)c(F)c1F. The van der Waals surface area contributed by atoms with Gasteiger partial charge in [-0.15, -0.1) is 0 Å². The highest BCUT2D eigenvalue weighted by atomic mass is 19.2. The molecule has 0 bridgehead atoms. The molecule has 0 aliphatic carbocycles. The normalized spacial score (nSPS) is 13.2. The van der Waals surface area contributed by atoms with Gasteiger partial charge < -0.3 is 9.47 Å². The van der Waals surface area contributed by atoms with E-state index in [4.69, 9.17) is 0 Å². The van der Waals surface area contributed by atoms with Gasteiger partial charge in [0.2, 0.25) is 0 Å². The molecule has 0 radical (unpaired) electrons. The van der Waals surface area contributed by atoms with E-state index in [1.165, 1.54) is 24.0 Å². The molecular formula is C24H22F2N2O2. The van der Waals surface area contributed by atoms with Crippen LogP contribution in [0.15, 0.2) is 59.5 Å². The van der Waals surface area contributed by atoms with Crippen LogP contribution in [0.4, 0.5) is 8.78 Å². The van der Waals surface area contributed by atoms with E-state index < -0.39 is 17.5 Å². The highest BCUT2D eigenvalue weighted by Gasteiger charge is 2.26. The van der Waals surface area contributed by atoms with Gasteiger partial charge in [0.25, 0.3) is 11.5 Å². The summed E-state index contributed by atoms with van der Waals surface area (Å²) in [5.74, 6) is -2.65. The molecule has 2 heterocycles. The molecule has 1 aliphatic rings. The van der Waals surface area contributed by atoms with Gasteiger partial charge in [-0.3, -0.25) is 9.59 Å². The summed E-state index contributed by atoms with van der Waals surface area (Å²) in [6.45, 7) is 2.60. The minimum absolute atomic E-state index is 0.0730. The molecule has 3 aromatic rings. The fourth-order valence-corrected chi connectivity index (χ4v) is 3.80. The van der Waals surface area contributed by atoms with E-state index >= 15 is 0 Å². The maximum absolute atomic E-state index is 14.3. The molecule has 0 spiro atoms. The van der Waals surface area contributed by atoms with Crippen molar-refractivity contribution in [3.63, 3.8) is 0 Å². The molecule has 1 amide bonds. The zero-order valence-corrected chi connectivity index (χ0v) is 16.7. The van der Waals surface area contributed by atoms with Crippen LogP contribution in [-0.4, -0.2) is 21.9 Å². The average molecular weight is 408 g/mol. The third kappa shape index (κ3) is 3.90. The van der Waals surface area contributed by atoms with Crippen LogP contribution in [0.1, 0.15) is 32.6 Å². The molecular weight excluding hydrogens is 386 g/mol. The third-order valence-electron chi connectivity index (χ3n) is 5.59. The van der Waals surface area contributed by atoms with E-state index in [9.17, 15) is 18.4 Å². The highest BCUT2D eigenvalue weighted by molar-refractivity contribution is 5.94. The summed E-state index contributed by atoms with van der Waals surface area (Å²) >= 11 is 0. The maximum Gasteiger partial charge on any atom is 0.257 e. The van der Waals surface area contributed by atoms with E-state index in [1.54, 1.807) is 16.8 Å². The molecule has 30 heavy (non-hydrogen) atoms. The minimum Gasteiger partial charge on any atom is -0.334 e. The van der Waals surface area contributed by atoms with Crippen molar-refractivity contribution in [2.75, 3.05) is 6.54 Å². The van der Waals surface area contributed by atoms with Gasteiger partial charge in [0.1, 0.15) is 0 Å². The first kappa shape index (κ1) is 20.0. The third-order valence-corrected chi connectivity index (χ3v) is 5.59. The monoisotopic (exact) mass is 408 g/mol. The van der Waals surface area contributed by atoms with Crippen molar-refractivity contribution < 1.29 is 13.6 Å². The summed E-state index contributed by atoms with van der Waals surface area (Å²) in [6.07, 6.45) is 3.01. The fraction of sp³-hybridized carbons (Fsp3) is 0.250. The number of rotatable bonds is 4. The lowest BCUT2D eigenvalue weighted by Crippen LogP contribution is -2.38. The van der Waals surface area contributed by atoms with E-state index in [0.717, 1.165) is 23.1 Å². The molecule has 6 heteroatoms. The lowest BCUT2D eigenvalue weighted by atomic mass is 10.0. The Morgan fingerprint density at radius 2 is 1.80 bits per heavy atom. The van der Waals surface area contributed by atoms with Gasteiger partial charge in [-0.05, 0) is 48.1 Å². The topological polar surface area (TPSA) is 42.3 Å². The first-order chi connectivity index (χ1) is 14.4. The van der Waals surface area contributed by atoms with E-state index in [1.807, 2.05) is 30.3 Å². The number of carbonyl (C=O) groups is 1. The van der Waals surface area contributed by atoms with Gasteiger partial charge in [0.05, 0.1) is 5.56 Å². The van der Waals surface area contributed by atoms with Gasteiger partial charge in [0, 0.05) is 31.9 Å². The number of hydrogen-bond acceptors (Lipinski definition) is 2. The second kappa shape index (κ2) is 8.22. The molecule has 0 saturated heterocycles. The van der Waals surface area contributed by atoms with E-state index in [-0.39, 0.29) is 23.2 Å². The second-order valence-electron chi connectivity index (χ2n) is 7.63. The van der Waals surface area contributed by atoms with Crippen molar-refractivity contribution in [2.24, 2.45) is 0 Å². The van der Waals surface area contributed by atoms with Crippen molar-refractivity contribution in [1.82, 2.24) is 9.47 Å². The van der Waals surface area contributed by atoms with Crippen LogP contribution in [0.2, 0.25) is 0 Å². The number of hydrogen-bond donors (Lipinski definition) is 0. The summed E-state index contributed by atoms with van der Waals surface area (Å²) < 4.78 is 29.8. The van der Waals surface area contributed by atoms with Gasteiger partial charge >= 0.3 is 0 Å². The molecule has 1 aliphatic heterocycles. The number of nitrogens with zero attached hydrogens (tertiary/aromatic N) is 2. The zero-order chi connectivity index (χ0) is 21.3. The van der Waals surface area contributed by atoms with Crippen molar-refractivity contribution in [2.45, 2.75) is 32.9 Å². The first-order valence-electron chi connectivity index (χ1n) is 9.94. The van der Waals surface area contributed by atoms with Crippen LogP contribution in [-0.2, 0) is 25.9 Å². The Balaban J connectivity index is 1.55. The summed E-state index contributed by atoms with van der Waals surface area (Å²) in [7, 11) is 0. The Kier molecular flexibility index (Phi) is 5.48. The highest BCUT2D eigenvalue weighted by Crippen LogP contribution is 2.22. The quantitative estimate of drug-likeness (QED) is 0.658.